The summed E-state index contributed by atoms with van der Waals surface area (Å²) >= 11 is 0. The highest BCUT2D eigenvalue weighted by molar-refractivity contribution is 5.68. The molecule has 6 nitrogen and oxygen atoms in total. The van der Waals surface area contributed by atoms with E-state index in [1.165, 1.54) is 0 Å². The van der Waals surface area contributed by atoms with Crippen LogP contribution < -0.4 is 11.1 Å². The van der Waals surface area contributed by atoms with Gasteiger partial charge in [-0.25, -0.2) is 9.78 Å². The first-order chi connectivity index (χ1) is 10.3. The Morgan fingerprint density at radius 1 is 1.41 bits per heavy atom. The van der Waals surface area contributed by atoms with E-state index < -0.39 is 5.60 Å². The molecule has 1 aliphatic heterocycles. The standard InChI is InChI=1S/C16H26N4O2/c1-16(2,3)22-15(21)20-10-5-6-12(8-11-20)19-13-7-4-9-18-14(13)17/h4,7,9,12,19H,5-6,8,10-11H2,1-3H3,(H2,17,18). The summed E-state index contributed by atoms with van der Waals surface area (Å²) in [5.41, 5.74) is 6.27. The number of rotatable bonds is 2. The van der Waals surface area contributed by atoms with Gasteiger partial charge in [0.2, 0.25) is 0 Å². The van der Waals surface area contributed by atoms with Crippen molar-refractivity contribution < 1.29 is 9.53 Å². The minimum atomic E-state index is -0.453. The van der Waals surface area contributed by atoms with Crippen LogP contribution in [0.1, 0.15) is 40.0 Å². The lowest BCUT2D eigenvalue weighted by atomic mass is 10.1. The lowest BCUT2D eigenvalue weighted by Gasteiger charge is -2.26. The zero-order valence-electron chi connectivity index (χ0n) is 13.6. The van der Waals surface area contributed by atoms with Crippen molar-refractivity contribution in [1.29, 1.82) is 0 Å². The van der Waals surface area contributed by atoms with E-state index in [9.17, 15) is 4.79 Å². The quantitative estimate of drug-likeness (QED) is 0.878. The van der Waals surface area contributed by atoms with Gasteiger partial charge in [-0.15, -0.1) is 0 Å². The van der Waals surface area contributed by atoms with Crippen LogP contribution in [0.5, 0.6) is 0 Å². The van der Waals surface area contributed by atoms with Crippen molar-refractivity contribution >= 4 is 17.6 Å². The van der Waals surface area contributed by atoms with Crippen LogP contribution in [-0.2, 0) is 4.74 Å². The number of aromatic nitrogens is 1. The van der Waals surface area contributed by atoms with Crippen molar-refractivity contribution in [3.8, 4) is 0 Å². The molecule has 1 atom stereocenters. The first-order valence-electron chi connectivity index (χ1n) is 7.80. The van der Waals surface area contributed by atoms with E-state index in [0.29, 0.717) is 18.4 Å². The first-order valence-corrected chi connectivity index (χ1v) is 7.80. The largest absolute Gasteiger partial charge is 0.444 e. The maximum Gasteiger partial charge on any atom is 0.410 e. The molecule has 1 saturated heterocycles. The molecular weight excluding hydrogens is 280 g/mol. The number of nitrogen functional groups attached to an aromatic ring is 1. The molecule has 122 valence electrons. The molecule has 0 aromatic carbocycles. The third-order valence-corrected chi connectivity index (χ3v) is 3.58. The van der Waals surface area contributed by atoms with Crippen LogP contribution in [-0.4, -0.2) is 40.7 Å². The van der Waals surface area contributed by atoms with Crippen LogP contribution in [0.2, 0.25) is 0 Å². The normalized spacial score (nSPS) is 19.4. The average molecular weight is 306 g/mol. The predicted molar refractivity (Wildman–Crippen MR) is 87.7 cm³/mol. The van der Waals surface area contributed by atoms with Crippen molar-refractivity contribution in [1.82, 2.24) is 9.88 Å². The van der Waals surface area contributed by atoms with Crippen LogP contribution in [0.3, 0.4) is 0 Å². The summed E-state index contributed by atoms with van der Waals surface area (Å²) in [4.78, 5) is 18.0. The van der Waals surface area contributed by atoms with Gasteiger partial charge >= 0.3 is 6.09 Å². The molecule has 0 spiro atoms. The Morgan fingerprint density at radius 2 is 2.18 bits per heavy atom. The Bertz CT molecular complexity index is 513. The summed E-state index contributed by atoms with van der Waals surface area (Å²) in [6.07, 6.45) is 4.25. The predicted octanol–water partition coefficient (Wildman–Crippen LogP) is 2.87. The van der Waals surface area contributed by atoms with Crippen LogP contribution in [0.25, 0.3) is 0 Å². The van der Waals surface area contributed by atoms with Gasteiger partial charge in [0.1, 0.15) is 11.4 Å². The third-order valence-electron chi connectivity index (χ3n) is 3.58. The number of pyridine rings is 1. The van der Waals surface area contributed by atoms with Crippen LogP contribution >= 0.6 is 0 Å². The lowest BCUT2D eigenvalue weighted by molar-refractivity contribution is 0.0256. The highest BCUT2D eigenvalue weighted by atomic mass is 16.6. The van der Waals surface area contributed by atoms with Crippen molar-refractivity contribution in [2.75, 3.05) is 24.1 Å². The maximum atomic E-state index is 12.1. The van der Waals surface area contributed by atoms with Crippen molar-refractivity contribution in [3.63, 3.8) is 0 Å². The molecule has 1 unspecified atom stereocenters. The summed E-state index contributed by atoms with van der Waals surface area (Å²) in [6.45, 7) is 7.08. The van der Waals surface area contributed by atoms with Crippen molar-refractivity contribution in [2.45, 2.75) is 51.7 Å². The second kappa shape index (κ2) is 6.85. The van der Waals surface area contributed by atoms with Gasteiger partial charge in [0.25, 0.3) is 0 Å². The van der Waals surface area contributed by atoms with Crippen molar-refractivity contribution in [2.24, 2.45) is 0 Å². The summed E-state index contributed by atoms with van der Waals surface area (Å²) in [6, 6.07) is 4.08. The Hall–Kier alpha value is -1.98. The molecule has 0 radical (unpaired) electrons. The second-order valence-corrected chi connectivity index (χ2v) is 6.68. The smallest absolute Gasteiger partial charge is 0.410 e. The molecule has 0 bridgehead atoms. The maximum absolute atomic E-state index is 12.1. The molecule has 1 amide bonds. The number of carbonyl (C=O) groups excluding carboxylic acids is 1. The number of likely N-dealkylation sites (tertiary alicyclic amines) is 1. The number of nitrogens with one attached hydrogen (secondary N) is 1. The number of hydrogen-bond acceptors (Lipinski definition) is 5. The van der Waals surface area contributed by atoms with Crippen LogP contribution in [0.4, 0.5) is 16.3 Å². The van der Waals surface area contributed by atoms with E-state index in [1.54, 1.807) is 11.1 Å². The van der Waals surface area contributed by atoms with Gasteiger partial charge in [0.05, 0.1) is 5.69 Å². The fourth-order valence-electron chi connectivity index (χ4n) is 2.51. The molecule has 6 heteroatoms. The monoisotopic (exact) mass is 306 g/mol. The number of anilines is 2. The molecule has 2 rings (SSSR count). The Balaban J connectivity index is 1.90. The minimum Gasteiger partial charge on any atom is -0.444 e. The number of ether oxygens (including phenoxy) is 1. The summed E-state index contributed by atoms with van der Waals surface area (Å²) in [5.74, 6) is 0.510. The topological polar surface area (TPSA) is 80.5 Å². The lowest BCUT2D eigenvalue weighted by Crippen LogP contribution is -2.37. The minimum absolute atomic E-state index is 0.228. The summed E-state index contributed by atoms with van der Waals surface area (Å²) < 4.78 is 5.44. The Morgan fingerprint density at radius 3 is 2.86 bits per heavy atom. The van der Waals surface area contributed by atoms with Gasteiger partial charge in [-0.1, -0.05) is 0 Å². The number of carbonyl (C=O) groups is 1. The fraction of sp³-hybridized carbons (Fsp3) is 0.625. The molecule has 3 N–H and O–H groups in total. The molecule has 1 fully saturated rings. The second-order valence-electron chi connectivity index (χ2n) is 6.68. The number of hydrogen-bond donors (Lipinski definition) is 2. The van der Waals surface area contributed by atoms with Crippen molar-refractivity contribution in [3.05, 3.63) is 18.3 Å². The first kappa shape index (κ1) is 16.4. The molecule has 1 aliphatic rings. The van der Waals surface area contributed by atoms with E-state index in [-0.39, 0.29) is 6.09 Å². The molecular formula is C16H26N4O2. The molecule has 22 heavy (non-hydrogen) atoms. The van der Waals surface area contributed by atoms with E-state index in [4.69, 9.17) is 10.5 Å². The highest BCUT2D eigenvalue weighted by Crippen LogP contribution is 2.21. The van der Waals surface area contributed by atoms with Crippen LogP contribution in [0, 0.1) is 0 Å². The van der Waals surface area contributed by atoms with Crippen LogP contribution in [0.15, 0.2) is 18.3 Å². The molecule has 1 aromatic rings. The SMILES string of the molecule is CC(C)(C)OC(=O)N1CCCC(Nc2cccnc2N)CC1. The van der Waals surface area contributed by atoms with E-state index in [2.05, 4.69) is 10.3 Å². The average Bonchev–Trinajstić information content (AvgIpc) is 2.65. The summed E-state index contributed by atoms with van der Waals surface area (Å²) in [7, 11) is 0. The Labute approximate surface area is 132 Å². The zero-order chi connectivity index (χ0) is 16.2. The molecule has 0 saturated carbocycles. The van der Waals surface area contributed by atoms with Gasteiger partial charge in [-0.2, -0.15) is 0 Å². The molecule has 1 aromatic heterocycles. The van der Waals surface area contributed by atoms with Gasteiger partial charge < -0.3 is 20.7 Å². The zero-order valence-corrected chi connectivity index (χ0v) is 13.6. The number of nitrogens with zero attached hydrogens (tertiary/aromatic N) is 2. The highest BCUT2D eigenvalue weighted by Gasteiger charge is 2.25. The summed E-state index contributed by atoms with van der Waals surface area (Å²) in [5, 5.41) is 3.43. The van der Waals surface area contributed by atoms with E-state index >= 15 is 0 Å². The van der Waals surface area contributed by atoms with Gasteiger partial charge in [-0.3, -0.25) is 0 Å². The fourth-order valence-corrected chi connectivity index (χ4v) is 2.51. The molecule has 0 aliphatic carbocycles. The van der Waals surface area contributed by atoms with Gasteiger partial charge in [0.15, 0.2) is 0 Å². The Kier molecular flexibility index (Phi) is 5.11. The van der Waals surface area contributed by atoms with E-state index in [0.717, 1.165) is 31.5 Å². The van der Waals surface area contributed by atoms with Gasteiger partial charge in [0, 0.05) is 25.3 Å². The van der Waals surface area contributed by atoms with Gasteiger partial charge in [-0.05, 0) is 52.2 Å². The number of amides is 1. The molecule has 2 heterocycles. The van der Waals surface area contributed by atoms with E-state index in [1.807, 2.05) is 32.9 Å². The number of nitrogens with two attached hydrogens (primary N) is 1. The third kappa shape index (κ3) is 4.79.